The van der Waals surface area contributed by atoms with E-state index in [0.29, 0.717) is 12.5 Å². The van der Waals surface area contributed by atoms with Crippen molar-refractivity contribution in [1.29, 1.82) is 0 Å². The Kier molecular flexibility index (Phi) is 17.8. The molecule has 2 unspecified atom stereocenters. The lowest BCUT2D eigenvalue weighted by atomic mass is 9.94. The van der Waals surface area contributed by atoms with Crippen molar-refractivity contribution in [1.82, 2.24) is 0 Å². The van der Waals surface area contributed by atoms with Crippen LogP contribution in [0.5, 0.6) is 5.75 Å². The van der Waals surface area contributed by atoms with Gasteiger partial charge in [0.15, 0.2) is 0 Å². The fraction of sp³-hybridized carbons (Fsp3) is 0.767. The molecule has 3 heteroatoms. The van der Waals surface area contributed by atoms with E-state index in [1.54, 1.807) is 7.11 Å². The Bertz CT molecular complexity index is 598. The van der Waals surface area contributed by atoms with E-state index in [1.165, 1.54) is 103 Å². The van der Waals surface area contributed by atoms with Crippen LogP contribution in [0.1, 0.15) is 135 Å². The van der Waals surface area contributed by atoms with E-state index in [9.17, 15) is 4.79 Å². The molecule has 0 fully saturated rings. The number of unbranched alkanes of at least 4 members (excludes halogenated alkanes) is 12. The molecular weight excluding hydrogens is 408 g/mol. The molecule has 3 nitrogen and oxygen atoms in total. The molecule has 1 aromatic rings. The monoisotopic (exact) mass is 460 g/mol. The summed E-state index contributed by atoms with van der Waals surface area (Å²) in [6, 6.07) is 7.74. The molecule has 0 saturated heterocycles. The minimum Gasteiger partial charge on any atom is -0.496 e. The van der Waals surface area contributed by atoms with E-state index in [1.807, 2.05) is 31.2 Å². The number of para-hydroxylation sites is 1. The van der Waals surface area contributed by atoms with Crippen molar-refractivity contribution in [3.63, 3.8) is 0 Å². The highest BCUT2D eigenvalue weighted by Gasteiger charge is 2.21. The number of hydrogen-bond donors (Lipinski definition) is 0. The summed E-state index contributed by atoms with van der Waals surface area (Å²) in [5.41, 5.74) is 0.903. The van der Waals surface area contributed by atoms with Gasteiger partial charge in [-0.25, -0.2) is 0 Å². The highest BCUT2D eigenvalue weighted by molar-refractivity contribution is 5.78. The van der Waals surface area contributed by atoms with E-state index >= 15 is 0 Å². The Morgan fingerprint density at radius 2 is 1.24 bits per heavy atom. The SMILES string of the molecule is CCCCCCCCCCC(CCCCCCCC)COC(=O)C(C)c1ccccc1OC. The van der Waals surface area contributed by atoms with Gasteiger partial charge in [-0.05, 0) is 31.7 Å². The number of carbonyl (C=O) groups excluding carboxylic acids is 1. The third-order valence-electron chi connectivity index (χ3n) is 6.85. The highest BCUT2D eigenvalue weighted by Crippen LogP contribution is 2.28. The summed E-state index contributed by atoms with van der Waals surface area (Å²) in [4.78, 5) is 12.8. The first-order chi connectivity index (χ1) is 16.1. The molecule has 0 radical (unpaired) electrons. The van der Waals surface area contributed by atoms with Gasteiger partial charge in [0.2, 0.25) is 0 Å². The third kappa shape index (κ3) is 13.7. The molecule has 0 heterocycles. The van der Waals surface area contributed by atoms with Gasteiger partial charge in [-0.15, -0.1) is 0 Å². The largest absolute Gasteiger partial charge is 0.496 e. The third-order valence-corrected chi connectivity index (χ3v) is 6.85. The molecule has 0 amide bonds. The molecule has 0 aliphatic heterocycles. The van der Waals surface area contributed by atoms with Crippen molar-refractivity contribution >= 4 is 5.97 Å². The Balaban J connectivity index is 2.44. The van der Waals surface area contributed by atoms with Crippen LogP contribution in [0.3, 0.4) is 0 Å². The lowest BCUT2D eigenvalue weighted by Gasteiger charge is -2.20. The van der Waals surface area contributed by atoms with Crippen molar-refractivity contribution in [3.05, 3.63) is 29.8 Å². The molecule has 1 rings (SSSR count). The van der Waals surface area contributed by atoms with Gasteiger partial charge in [-0.3, -0.25) is 4.79 Å². The summed E-state index contributed by atoms with van der Waals surface area (Å²) in [6.07, 6.45) is 21.0. The van der Waals surface area contributed by atoms with Crippen molar-refractivity contribution < 1.29 is 14.3 Å². The fourth-order valence-corrected chi connectivity index (χ4v) is 4.57. The van der Waals surface area contributed by atoms with Crippen molar-refractivity contribution in [2.75, 3.05) is 13.7 Å². The summed E-state index contributed by atoms with van der Waals surface area (Å²) in [6.45, 7) is 7.01. The number of hydrogen-bond acceptors (Lipinski definition) is 3. The number of rotatable bonds is 21. The Hall–Kier alpha value is -1.51. The lowest BCUT2D eigenvalue weighted by molar-refractivity contribution is -0.146. The predicted molar refractivity (Wildman–Crippen MR) is 141 cm³/mol. The zero-order chi connectivity index (χ0) is 24.2. The summed E-state index contributed by atoms with van der Waals surface area (Å²) in [7, 11) is 1.65. The van der Waals surface area contributed by atoms with Crippen molar-refractivity contribution in [2.45, 2.75) is 129 Å². The summed E-state index contributed by atoms with van der Waals surface area (Å²) in [5.74, 6) is 0.803. The molecule has 0 bridgehead atoms. The topological polar surface area (TPSA) is 35.5 Å². The molecule has 33 heavy (non-hydrogen) atoms. The van der Waals surface area contributed by atoms with Crippen LogP contribution in [-0.2, 0) is 9.53 Å². The van der Waals surface area contributed by atoms with Gasteiger partial charge in [0.05, 0.1) is 19.6 Å². The molecule has 0 spiro atoms. The Morgan fingerprint density at radius 3 is 1.76 bits per heavy atom. The zero-order valence-corrected chi connectivity index (χ0v) is 22.2. The van der Waals surface area contributed by atoms with E-state index in [2.05, 4.69) is 13.8 Å². The zero-order valence-electron chi connectivity index (χ0n) is 22.2. The first kappa shape index (κ1) is 29.5. The number of esters is 1. The van der Waals surface area contributed by atoms with Gasteiger partial charge < -0.3 is 9.47 Å². The van der Waals surface area contributed by atoms with Crippen LogP contribution in [-0.4, -0.2) is 19.7 Å². The standard InChI is InChI=1S/C30H52O3/c1-5-7-9-11-13-14-16-18-22-27(21-17-15-12-10-8-6-2)25-33-30(31)26(3)28-23-19-20-24-29(28)32-4/h19-20,23-24,26-27H,5-18,21-22,25H2,1-4H3. The molecule has 0 aliphatic rings. The Labute approximate surface area is 205 Å². The molecule has 190 valence electrons. The molecule has 0 aromatic heterocycles. The molecule has 1 aromatic carbocycles. The van der Waals surface area contributed by atoms with Crippen LogP contribution in [0.25, 0.3) is 0 Å². The summed E-state index contributed by atoms with van der Waals surface area (Å²) in [5, 5.41) is 0. The van der Waals surface area contributed by atoms with Gasteiger partial charge in [-0.1, -0.05) is 122 Å². The predicted octanol–water partition coefficient (Wildman–Crippen LogP) is 9.24. The van der Waals surface area contributed by atoms with Crippen molar-refractivity contribution in [2.24, 2.45) is 5.92 Å². The molecular formula is C30H52O3. The normalized spacial score (nSPS) is 13.0. The lowest BCUT2D eigenvalue weighted by Crippen LogP contribution is -2.19. The second kappa shape index (κ2) is 19.9. The fourth-order valence-electron chi connectivity index (χ4n) is 4.57. The van der Waals surface area contributed by atoms with Gasteiger partial charge in [0.1, 0.15) is 5.75 Å². The second-order valence-corrected chi connectivity index (χ2v) is 9.78. The second-order valence-electron chi connectivity index (χ2n) is 9.78. The average Bonchev–Trinajstić information content (AvgIpc) is 2.84. The van der Waals surface area contributed by atoms with Crippen LogP contribution in [0.4, 0.5) is 0 Å². The number of methoxy groups -OCH3 is 1. The van der Waals surface area contributed by atoms with Gasteiger partial charge in [0, 0.05) is 5.56 Å². The van der Waals surface area contributed by atoms with E-state index < -0.39 is 0 Å². The van der Waals surface area contributed by atoms with Crippen LogP contribution < -0.4 is 4.74 Å². The number of ether oxygens (including phenoxy) is 2. The number of benzene rings is 1. The van der Waals surface area contributed by atoms with E-state index in [0.717, 1.165) is 11.3 Å². The highest BCUT2D eigenvalue weighted by atomic mass is 16.5. The summed E-state index contributed by atoms with van der Waals surface area (Å²) >= 11 is 0. The quantitative estimate of drug-likeness (QED) is 0.135. The molecule has 0 aliphatic carbocycles. The van der Waals surface area contributed by atoms with E-state index in [-0.39, 0.29) is 11.9 Å². The minimum atomic E-state index is -0.307. The maximum absolute atomic E-state index is 12.8. The van der Waals surface area contributed by atoms with Gasteiger partial charge in [-0.2, -0.15) is 0 Å². The van der Waals surface area contributed by atoms with Crippen LogP contribution >= 0.6 is 0 Å². The maximum atomic E-state index is 12.8. The number of carbonyl (C=O) groups is 1. The van der Waals surface area contributed by atoms with Gasteiger partial charge in [0.25, 0.3) is 0 Å². The molecule has 2 atom stereocenters. The molecule has 0 N–H and O–H groups in total. The first-order valence-electron chi connectivity index (χ1n) is 13.9. The first-order valence-corrected chi connectivity index (χ1v) is 13.9. The Morgan fingerprint density at radius 1 is 0.758 bits per heavy atom. The van der Waals surface area contributed by atoms with Crippen molar-refractivity contribution in [3.8, 4) is 5.75 Å². The van der Waals surface area contributed by atoms with Crippen LogP contribution in [0.2, 0.25) is 0 Å². The average molecular weight is 461 g/mol. The minimum absolute atomic E-state index is 0.136. The van der Waals surface area contributed by atoms with Crippen LogP contribution in [0, 0.1) is 5.92 Å². The van der Waals surface area contributed by atoms with Crippen LogP contribution in [0.15, 0.2) is 24.3 Å². The maximum Gasteiger partial charge on any atom is 0.313 e. The molecule has 0 saturated carbocycles. The van der Waals surface area contributed by atoms with E-state index in [4.69, 9.17) is 9.47 Å². The summed E-state index contributed by atoms with van der Waals surface area (Å²) < 4.78 is 11.3. The van der Waals surface area contributed by atoms with Gasteiger partial charge >= 0.3 is 5.97 Å². The smallest absolute Gasteiger partial charge is 0.313 e.